The minimum absolute atomic E-state index is 0.0906. The monoisotopic (exact) mass is 422 g/mol. The third kappa shape index (κ3) is 5.40. The molecule has 1 N–H and O–H groups in total. The molecule has 5 nitrogen and oxygen atoms in total. The van der Waals surface area contributed by atoms with Crippen LogP contribution in [0.15, 0.2) is 60.7 Å². The number of amides is 1. The summed E-state index contributed by atoms with van der Waals surface area (Å²) in [4.78, 5) is 25.0. The molecule has 1 heterocycles. The average Bonchev–Trinajstić information content (AvgIpc) is 3.10. The lowest BCUT2D eigenvalue weighted by molar-refractivity contribution is -0.121. The van der Waals surface area contributed by atoms with Crippen LogP contribution >= 0.6 is 0 Å². The number of hydrogen-bond acceptors (Lipinski definition) is 3. The van der Waals surface area contributed by atoms with E-state index in [1.165, 1.54) is 12.1 Å². The molecule has 0 saturated carbocycles. The molecule has 1 aromatic heterocycles. The second-order valence-electron chi connectivity index (χ2n) is 7.36. The fourth-order valence-corrected chi connectivity index (χ4v) is 3.56. The Morgan fingerprint density at radius 2 is 1.77 bits per heavy atom. The predicted octanol–water partition coefficient (Wildman–Crippen LogP) is 5.05. The fraction of sp³-hybridized carbons (Fsp3) is 0.280. The third-order valence-electron chi connectivity index (χ3n) is 5.24. The number of carbonyl (C=O) groups excluding carboxylic acids is 2. The molecule has 0 aliphatic heterocycles. The van der Waals surface area contributed by atoms with Gasteiger partial charge in [0, 0.05) is 24.4 Å². The van der Waals surface area contributed by atoms with Gasteiger partial charge >= 0.3 is 5.97 Å². The van der Waals surface area contributed by atoms with Gasteiger partial charge in [-0.2, -0.15) is 0 Å². The van der Waals surface area contributed by atoms with Crippen LogP contribution in [0.5, 0.6) is 0 Å². The summed E-state index contributed by atoms with van der Waals surface area (Å²) in [5.74, 6) is -0.838. The van der Waals surface area contributed by atoms with Crippen molar-refractivity contribution in [1.29, 1.82) is 0 Å². The molecule has 3 rings (SSSR count). The number of rotatable bonds is 8. The van der Waals surface area contributed by atoms with Crippen molar-refractivity contribution in [3.8, 4) is 11.3 Å². The zero-order chi connectivity index (χ0) is 22.4. The third-order valence-corrected chi connectivity index (χ3v) is 5.24. The van der Waals surface area contributed by atoms with Crippen LogP contribution in [0.2, 0.25) is 0 Å². The standard InChI is InChI=1S/C25H27FN2O3/c1-4-31-25(30)22-16-23(20-10-12-21(26)13-11-20)28(18(22)3)15-14-24(29)27-17(2)19-8-6-5-7-9-19/h5-13,16-17H,4,14-15H2,1-3H3,(H,27,29)/t17-/m0/s1. The molecule has 0 aliphatic carbocycles. The molecule has 0 radical (unpaired) electrons. The number of halogens is 1. The Labute approximate surface area is 181 Å². The summed E-state index contributed by atoms with van der Waals surface area (Å²) < 4.78 is 20.5. The van der Waals surface area contributed by atoms with E-state index < -0.39 is 5.97 Å². The first kappa shape index (κ1) is 22.3. The van der Waals surface area contributed by atoms with E-state index in [0.29, 0.717) is 17.8 Å². The molecular weight excluding hydrogens is 395 g/mol. The van der Waals surface area contributed by atoms with Crippen LogP contribution in [0.1, 0.15) is 47.9 Å². The largest absolute Gasteiger partial charge is 0.462 e. The number of hydrogen-bond donors (Lipinski definition) is 1. The van der Waals surface area contributed by atoms with Crippen LogP contribution in [-0.2, 0) is 16.1 Å². The van der Waals surface area contributed by atoms with Gasteiger partial charge in [0.2, 0.25) is 5.91 Å². The lowest BCUT2D eigenvalue weighted by Crippen LogP contribution is -2.27. The number of benzene rings is 2. The van der Waals surface area contributed by atoms with Gasteiger partial charge in [-0.05, 0) is 62.2 Å². The van der Waals surface area contributed by atoms with Crippen LogP contribution < -0.4 is 5.32 Å². The summed E-state index contributed by atoms with van der Waals surface area (Å²) in [6.45, 7) is 6.17. The van der Waals surface area contributed by atoms with E-state index >= 15 is 0 Å². The van der Waals surface area contributed by atoms with E-state index in [1.54, 1.807) is 25.1 Å². The molecule has 162 valence electrons. The van der Waals surface area contributed by atoms with Crippen LogP contribution in [0.4, 0.5) is 4.39 Å². The second kappa shape index (κ2) is 10.1. The molecule has 3 aromatic rings. The molecule has 1 amide bonds. The van der Waals surface area contributed by atoms with Gasteiger partial charge in [-0.15, -0.1) is 0 Å². The highest BCUT2D eigenvalue weighted by molar-refractivity contribution is 5.92. The maximum Gasteiger partial charge on any atom is 0.339 e. The van der Waals surface area contributed by atoms with Crippen molar-refractivity contribution >= 4 is 11.9 Å². The van der Waals surface area contributed by atoms with Crippen LogP contribution in [0.3, 0.4) is 0 Å². The summed E-state index contributed by atoms with van der Waals surface area (Å²) in [6, 6.07) is 17.5. The molecule has 0 bridgehead atoms. The predicted molar refractivity (Wildman–Crippen MR) is 118 cm³/mol. The van der Waals surface area contributed by atoms with E-state index in [-0.39, 0.29) is 30.8 Å². The van der Waals surface area contributed by atoms with Crippen molar-refractivity contribution in [2.75, 3.05) is 6.61 Å². The van der Waals surface area contributed by atoms with Crippen molar-refractivity contribution in [1.82, 2.24) is 9.88 Å². The Morgan fingerprint density at radius 1 is 1.10 bits per heavy atom. The number of esters is 1. The van der Waals surface area contributed by atoms with Gasteiger partial charge in [0.1, 0.15) is 5.82 Å². The van der Waals surface area contributed by atoms with Crippen molar-refractivity contribution in [2.24, 2.45) is 0 Å². The molecule has 0 spiro atoms. The first-order chi connectivity index (χ1) is 14.9. The summed E-state index contributed by atoms with van der Waals surface area (Å²) in [5, 5.41) is 3.01. The first-order valence-corrected chi connectivity index (χ1v) is 10.4. The molecule has 0 unspecified atom stereocenters. The highest BCUT2D eigenvalue weighted by Gasteiger charge is 2.20. The summed E-state index contributed by atoms with van der Waals surface area (Å²) in [5.41, 5.74) is 3.69. The maximum absolute atomic E-state index is 13.4. The van der Waals surface area contributed by atoms with Gasteiger partial charge in [-0.25, -0.2) is 9.18 Å². The van der Waals surface area contributed by atoms with Crippen molar-refractivity contribution in [3.05, 3.63) is 83.3 Å². The highest BCUT2D eigenvalue weighted by Crippen LogP contribution is 2.27. The fourth-order valence-electron chi connectivity index (χ4n) is 3.56. The topological polar surface area (TPSA) is 60.3 Å². The maximum atomic E-state index is 13.4. The van der Waals surface area contributed by atoms with Gasteiger partial charge in [-0.3, -0.25) is 4.79 Å². The van der Waals surface area contributed by atoms with Gasteiger partial charge in [0.15, 0.2) is 0 Å². The minimum atomic E-state index is -0.413. The minimum Gasteiger partial charge on any atom is -0.462 e. The number of carbonyl (C=O) groups is 2. The molecule has 31 heavy (non-hydrogen) atoms. The number of ether oxygens (including phenoxy) is 1. The number of aromatic nitrogens is 1. The Balaban J connectivity index is 1.81. The smallest absolute Gasteiger partial charge is 0.339 e. The molecule has 0 aliphatic rings. The lowest BCUT2D eigenvalue weighted by atomic mass is 10.1. The molecule has 0 saturated heterocycles. The van der Waals surface area contributed by atoms with E-state index in [2.05, 4.69) is 5.32 Å². The average molecular weight is 423 g/mol. The normalized spacial score (nSPS) is 11.7. The SMILES string of the molecule is CCOC(=O)c1cc(-c2ccc(F)cc2)n(CCC(=O)N[C@@H](C)c2ccccc2)c1C. The van der Waals surface area contributed by atoms with Gasteiger partial charge < -0.3 is 14.6 Å². The zero-order valence-corrected chi connectivity index (χ0v) is 18.0. The van der Waals surface area contributed by atoms with Gasteiger partial charge in [0.05, 0.1) is 18.2 Å². The first-order valence-electron chi connectivity index (χ1n) is 10.4. The summed E-state index contributed by atoms with van der Waals surface area (Å²) in [7, 11) is 0. The van der Waals surface area contributed by atoms with Crippen LogP contribution in [0.25, 0.3) is 11.3 Å². The quantitative estimate of drug-likeness (QED) is 0.517. The summed E-state index contributed by atoms with van der Waals surface area (Å²) >= 11 is 0. The van der Waals surface area contributed by atoms with Crippen molar-refractivity contribution in [3.63, 3.8) is 0 Å². The Hall–Kier alpha value is -3.41. The Bertz CT molecular complexity index is 1040. The summed E-state index contributed by atoms with van der Waals surface area (Å²) in [6.07, 6.45) is 0.239. The van der Waals surface area contributed by atoms with Crippen LogP contribution in [-0.4, -0.2) is 23.1 Å². The number of nitrogens with one attached hydrogen (secondary N) is 1. The van der Waals surface area contributed by atoms with Gasteiger partial charge in [0.25, 0.3) is 0 Å². The van der Waals surface area contributed by atoms with E-state index in [0.717, 1.165) is 16.8 Å². The molecule has 6 heteroatoms. The van der Waals surface area contributed by atoms with Crippen molar-refractivity contribution < 1.29 is 18.7 Å². The molecule has 0 fully saturated rings. The zero-order valence-electron chi connectivity index (χ0n) is 18.0. The molecule has 1 atom stereocenters. The van der Waals surface area contributed by atoms with E-state index in [9.17, 15) is 14.0 Å². The highest BCUT2D eigenvalue weighted by atomic mass is 19.1. The Kier molecular flexibility index (Phi) is 7.23. The Morgan fingerprint density at radius 3 is 2.42 bits per heavy atom. The van der Waals surface area contributed by atoms with Crippen molar-refractivity contribution in [2.45, 2.75) is 39.8 Å². The van der Waals surface area contributed by atoms with Crippen LogP contribution in [0, 0.1) is 12.7 Å². The van der Waals surface area contributed by atoms with E-state index in [1.807, 2.05) is 48.7 Å². The number of nitrogens with zero attached hydrogens (tertiary/aromatic N) is 1. The second-order valence-corrected chi connectivity index (χ2v) is 7.36. The molecular formula is C25H27FN2O3. The van der Waals surface area contributed by atoms with E-state index in [4.69, 9.17) is 4.74 Å². The molecule has 2 aromatic carbocycles. The van der Waals surface area contributed by atoms with Gasteiger partial charge in [-0.1, -0.05) is 30.3 Å². The lowest BCUT2D eigenvalue weighted by Gasteiger charge is -2.16.